The molecule has 0 heterocycles. The van der Waals surface area contributed by atoms with Gasteiger partial charge in [-0.1, -0.05) is 0 Å². The van der Waals surface area contributed by atoms with Crippen molar-refractivity contribution in [3.8, 4) is 0 Å². The second-order valence-corrected chi connectivity index (χ2v) is 4.83. The van der Waals surface area contributed by atoms with Gasteiger partial charge in [0.15, 0.2) is 5.16 Å². The van der Waals surface area contributed by atoms with Crippen LogP contribution >= 0.6 is 8.03 Å². The topological polar surface area (TPSA) is 26.3 Å². The van der Waals surface area contributed by atoms with Crippen molar-refractivity contribution in [2.24, 2.45) is 0 Å². The van der Waals surface area contributed by atoms with Crippen LogP contribution in [0.25, 0.3) is 0 Å². The molecule has 0 aromatic rings. The molecular formula is C5H12O2P+. The van der Waals surface area contributed by atoms with E-state index in [1.54, 1.807) is 0 Å². The molecule has 0 saturated heterocycles. The summed E-state index contributed by atoms with van der Waals surface area (Å²) in [7, 11) is -0.00714. The van der Waals surface area contributed by atoms with Gasteiger partial charge in [-0.05, 0) is 25.3 Å². The molecule has 0 radical (unpaired) electrons. The van der Waals surface area contributed by atoms with Crippen LogP contribution in [-0.4, -0.2) is 12.3 Å². The molecule has 0 bridgehead atoms. The van der Waals surface area contributed by atoms with Crippen molar-refractivity contribution >= 4 is 8.03 Å². The molecule has 0 rings (SSSR count). The fraction of sp³-hybridized carbons (Fsp3) is 1.00. The molecule has 0 N–H and O–H groups in total. The average molecular weight is 135 g/mol. The second-order valence-electron chi connectivity index (χ2n) is 2.61. The largest absolute Gasteiger partial charge is 0.513 e. The molecule has 0 aromatic heterocycles. The highest BCUT2D eigenvalue weighted by Crippen LogP contribution is 2.37. The molecule has 0 aliphatic heterocycles. The maximum Gasteiger partial charge on any atom is 0.513 e. The summed E-state index contributed by atoms with van der Waals surface area (Å²) in [6.07, 6.45) is 0. The predicted molar refractivity (Wildman–Crippen MR) is 34.4 cm³/mol. The standard InChI is InChI=1S/C5H12O2P/c1-5(2,3)8(6)7-4/h1-4H3/q+1. The monoisotopic (exact) mass is 135 g/mol. The summed E-state index contributed by atoms with van der Waals surface area (Å²) in [5.41, 5.74) is 0. The Bertz CT molecular complexity index is 93.1. The fourth-order valence-electron chi connectivity index (χ4n) is 0.274. The van der Waals surface area contributed by atoms with E-state index in [0.29, 0.717) is 0 Å². The lowest BCUT2D eigenvalue weighted by Gasteiger charge is -1.99. The fourth-order valence-corrected chi connectivity index (χ4v) is 0.822. The van der Waals surface area contributed by atoms with Gasteiger partial charge in [-0.15, -0.1) is 4.52 Å². The maximum absolute atomic E-state index is 10.8. The van der Waals surface area contributed by atoms with Gasteiger partial charge in [0.1, 0.15) is 0 Å². The Labute approximate surface area is 51.1 Å². The summed E-state index contributed by atoms with van der Waals surface area (Å²) in [4.78, 5) is 0. The normalized spacial score (nSPS) is 13.8. The van der Waals surface area contributed by atoms with E-state index >= 15 is 0 Å². The van der Waals surface area contributed by atoms with Gasteiger partial charge in [0.05, 0.1) is 7.11 Å². The molecule has 2 nitrogen and oxygen atoms in total. The maximum atomic E-state index is 10.8. The number of hydrogen-bond acceptors (Lipinski definition) is 2. The lowest BCUT2D eigenvalue weighted by molar-refractivity contribution is 0.394. The van der Waals surface area contributed by atoms with Crippen molar-refractivity contribution in [1.82, 2.24) is 0 Å². The SMILES string of the molecule is CO[P+](=O)C(C)(C)C. The van der Waals surface area contributed by atoms with Crippen molar-refractivity contribution in [3.63, 3.8) is 0 Å². The quantitative estimate of drug-likeness (QED) is 0.515. The van der Waals surface area contributed by atoms with Crippen LogP contribution in [0.15, 0.2) is 0 Å². The second kappa shape index (κ2) is 2.56. The van der Waals surface area contributed by atoms with E-state index in [-0.39, 0.29) is 5.16 Å². The van der Waals surface area contributed by atoms with Crippen LogP contribution in [0.2, 0.25) is 0 Å². The summed E-state index contributed by atoms with van der Waals surface area (Å²) in [6, 6.07) is 0. The average Bonchev–Trinajstić information content (AvgIpc) is 1.62. The smallest absolute Gasteiger partial charge is 0.149 e. The number of hydrogen-bond donors (Lipinski definition) is 0. The molecule has 0 fully saturated rings. The molecule has 0 amide bonds. The van der Waals surface area contributed by atoms with Gasteiger partial charge in [-0.3, -0.25) is 0 Å². The van der Waals surface area contributed by atoms with Gasteiger partial charge in [-0.25, -0.2) is 0 Å². The minimum Gasteiger partial charge on any atom is -0.149 e. The molecule has 0 aliphatic rings. The first-order chi connectivity index (χ1) is 3.48. The molecule has 1 atom stereocenters. The summed E-state index contributed by atoms with van der Waals surface area (Å²) in [5.74, 6) is 0. The summed E-state index contributed by atoms with van der Waals surface area (Å²) in [6.45, 7) is 5.65. The van der Waals surface area contributed by atoms with E-state index in [1.807, 2.05) is 20.8 Å². The first-order valence-electron chi connectivity index (χ1n) is 2.50. The Balaban J connectivity index is 3.82. The van der Waals surface area contributed by atoms with Crippen LogP contribution in [0.3, 0.4) is 0 Å². The molecule has 1 unspecified atom stereocenters. The molecule has 0 aromatic carbocycles. The van der Waals surface area contributed by atoms with E-state index in [0.717, 1.165) is 0 Å². The molecule has 48 valence electrons. The van der Waals surface area contributed by atoms with E-state index in [9.17, 15) is 4.57 Å². The zero-order valence-corrected chi connectivity index (χ0v) is 6.66. The van der Waals surface area contributed by atoms with E-state index in [2.05, 4.69) is 4.52 Å². The minimum atomic E-state index is -1.47. The minimum absolute atomic E-state index is 0.204. The van der Waals surface area contributed by atoms with Gasteiger partial charge in [0.25, 0.3) is 0 Å². The van der Waals surface area contributed by atoms with Crippen molar-refractivity contribution in [2.45, 2.75) is 25.9 Å². The van der Waals surface area contributed by atoms with Crippen LogP contribution in [0, 0.1) is 0 Å². The van der Waals surface area contributed by atoms with Crippen molar-refractivity contribution in [2.75, 3.05) is 7.11 Å². The predicted octanol–water partition coefficient (Wildman–Crippen LogP) is 2.17. The van der Waals surface area contributed by atoms with Gasteiger partial charge < -0.3 is 0 Å². The van der Waals surface area contributed by atoms with E-state index < -0.39 is 8.03 Å². The Morgan fingerprint density at radius 3 is 1.75 bits per heavy atom. The molecule has 0 aliphatic carbocycles. The summed E-state index contributed by atoms with van der Waals surface area (Å²) < 4.78 is 15.4. The zero-order chi connectivity index (χ0) is 6.78. The number of rotatable bonds is 1. The Hall–Kier alpha value is 0.0600. The van der Waals surface area contributed by atoms with Gasteiger partial charge >= 0.3 is 8.03 Å². The third-order valence-electron chi connectivity index (χ3n) is 0.714. The van der Waals surface area contributed by atoms with Crippen LogP contribution in [0.5, 0.6) is 0 Å². The van der Waals surface area contributed by atoms with Crippen LogP contribution in [0.1, 0.15) is 20.8 Å². The summed E-state index contributed by atoms with van der Waals surface area (Å²) >= 11 is 0. The Kier molecular flexibility index (Phi) is 2.58. The lowest BCUT2D eigenvalue weighted by atomic mass is 10.3. The van der Waals surface area contributed by atoms with Gasteiger partial charge in [0, 0.05) is 0 Å². The molecular weight excluding hydrogens is 123 g/mol. The molecule has 0 saturated carbocycles. The first-order valence-corrected chi connectivity index (χ1v) is 3.67. The van der Waals surface area contributed by atoms with Gasteiger partial charge in [-0.2, -0.15) is 0 Å². The van der Waals surface area contributed by atoms with Crippen molar-refractivity contribution in [3.05, 3.63) is 0 Å². The highest BCUT2D eigenvalue weighted by molar-refractivity contribution is 7.41. The Morgan fingerprint density at radius 1 is 1.38 bits per heavy atom. The highest BCUT2D eigenvalue weighted by Gasteiger charge is 2.35. The van der Waals surface area contributed by atoms with Crippen LogP contribution < -0.4 is 0 Å². The van der Waals surface area contributed by atoms with E-state index in [4.69, 9.17) is 0 Å². The summed E-state index contributed by atoms with van der Waals surface area (Å²) in [5, 5.41) is -0.204. The molecule has 0 spiro atoms. The van der Waals surface area contributed by atoms with Crippen molar-refractivity contribution < 1.29 is 9.09 Å². The lowest BCUT2D eigenvalue weighted by Crippen LogP contribution is -2.06. The first kappa shape index (κ1) is 8.06. The third-order valence-corrected chi connectivity index (χ3v) is 2.14. The zero-order valence-electron chi connectivity index (χ0n) is 5.76. The molecule has 8 heavy (non-hydrogen) atoms. The van der Waals surface area contributed by atoms with Crippen molar-refractivity contribution in [1.29, 1.82) is 0 Å². The Morgan fingerprint density at radius 2 is 1.75 bits per heavy atom. The third kappa shape index (κ3) is 2.39. The van der Waals surface area contributed by atoms with Crippen LogP contribution in [-0.2, 0) is 9.09 Å². The van der Waals surface area contributed by atoms with E-state index in [1.165, 1.54) is 7.11 Å². The highest BCUT2D eigenvalue weighted by atomic mass is 31.1. The van der Waals surface area contributed by atoms with Gasteiger partial charge in [0.2, 0.25) is 0 Å². The van der Waals surface area contributed by atoms with Crippen LogP contribution in [0.4, 0.5) is 0 Å². The molecule has 3 heteroatoms.